The van der Waals surface area contributed by atoms with Crippen LogP contribution in [0.3, 0.4) is 0 Å². The molecule has 0 spiro atoms. The minimum atomic E-state index is 0.0232. The number of thioether (sulfide) groups is 1. The molecule has 0 N–H and O–H groups in total. The summed E-state index contributed by atoms with van der Waals surface area (Å²) in [7, 11) is 0. The highest BCUT2D eigenvalue weighted by molar-refractivity contribution is 9.10. The van der Waals surface area contributed by atoms with E-state index in [4.69, 9.17) is 4.98 Å². The maximum absolute atomic E-state index is 12.8. The molecule has 0 radical (unpaired) electrons. The third-order valence-corrected chi connectivity index (χ3v) is 5.67. The van der Waals surface area contributed by atoms with Crippen molar-refractivity contribution in [3.8, 4) is 0 Å². The summed E-state index contributed by atoms with van der Waals surface area (Å²) in [5.41, 5.74) is 1.79. The predicted octanol–water partition coefficient (Wildman–Crippen LogP) is 4.63. The highest BCUT2D eigenvalue weighted by Crippen LogP contribution is 2.24. The van der Waals surface area contributed by atoms with Crippen LogP contribution in [0.2, 0.25) is 0 Å². The Balaban J connectivity index is 2.01. The van der Waals surface area contributed by atoms with E-state index in [0.717, 1.165) is 38.0 Å². The molecule has 0 fully saturated rings. The van der Waals surface area contributed by atoms with Crippen molar-refractivity contribution in [2.24, 2.45) is 0 Å². The number of rotatable bonds is 5. The van der Waals surface area contributed by atoms with E-state index in [2.05, 4.69) is 33.2 Å². The van der Waals surface area contributed by atoms with E-state index in [1.54, 1.807) is 27.7 Å². The molecule has 23 heavy (non-hydrogen) atoms. The number of fused-ring (bicyclic) bond motifs is 1. The van der Waals surface area contributed by atoms with E-state index < -0.39 is 0 Å². The molecule has 0 aliphatic heterocycles. The zero-order valence-electron chi connectivity index (χ0n) is 12.9. The van der Waals surface area contributed by atoms with Gasteiger partial charge in [0.2, 0.25) is 0 Å². The number of hydrogen-bond acceptors (Lipinski definition) is 5. The van der Waals surface area contributed by atoms with E-state index in [0.29, 0.717) is 11.9 Å². The van der Waals surface area contributed by atoms with Gasteiger partial charge in [0.25, 0.3) is 5.56 Å². The number of hydrogen-bond donors (Lipinski definition) is 0. The van der Waals surface area contributed by atoms with Crippen molar-refractivity contribution in [3.63, 3.8) is 0 Å². The van der Waals surface area contributed by atoms with Crippen molar-refractivity contribution in [2.75, 3.05) is 0 Å². The van der Waals surface area contributed by atoms with Gasteiger partial charge >= 0.3 is 0 Å². The Morgan fingerprint density at radius 3 is 2.87 bits per heavy atom. The van der Waals surface area contributed by atoms with Gasteiger partial charge in [0.05, 0.1) is 21.6 Å². The molecule has 0 amide bonds. The fourth-order valence-corrected chi connectivity index (χ4v) is 4.31. The van der Waals surface area contributed by atoms with Gasteiger partial charge in [-0.15, -0.1) is 11.3 Å². The first-order valence-corrected chi connectivity index (χ1v) is 9.98. The Morgan fingerprint density at radius 1 is 1.35 bits per heavy atom. The highest BCUT2D eigenvalue weighted by Gasteiger charge is 2.12. The third kappa shape index (κ3) is 3.67. The zero-order chi connectivity index (χ0) is 16.4. The lowest BCUT2D eigenvalue weighted by Gasteiger charge is -2.12. The van der Waals surface area contributed by atoms with Crippen LogP contribution in [0.15, 0.2) is 38.0 Å². The van der Waals surface area contributed by atoms with Crippen LogP contribution < -0.4 is 5.56 Å². The van der Waals surface area contributed by atoms with Gasteiger partial charge in [0.15, 0.2) is 5.16 Å². The van der Waals surface area contributed by atoms with Crippen molar-refractivity contribution >= 4 is 49.9 Å². The fourth-order valence-electron chi connectivity index (χ4n) is 2.32. The molecule has 0 saturated heterocycles. The third-order valence-electron chi connectivity index (χ3n) is 3.34. The molecule has 3 aromatic rings. The van der Waals surface area contributed by atoms with Gasteiger partial charge < -0.3 is 0 Å². The average molecular weight is 410 g/mol. The minimum absolute atomic E-state index is 0.0232. The summed E-state index contributed by atoms with van der Waals surface area (Å²) in [5, 5.41) is 4.53. The molecule has 0 aliphatic rings. The smallest absolute Gasteiger partial charge is 0.262 e. The Bertz CT molecular complexity index is 904. The Kier molecular flexibility index (Phi) is 5.18. The van der Waals surface area contributed by atoms with Crippen molar-refractivity contribution in [1.82, 2.24) is 14.5 Å². The van der Waals surface area contributed by atoms with E-state index in [1.165, 1.54) is 0 Å². The summed E-state index contributed by atoms with van der Waals surface area (Å²) in [6, 6.07) is 5.64. The lowest BCUT2D eigenvalue weighted by Crippen LogP contribution is -2.23. The van der Waals surface area contributed by atoms with Gasteiger partial charge in [-0.2, -0.15) is 0 Å². The monoisotopic (exact) mass is 409 g/mol. The minimum Gasteiger partial charge on any atom is -0.287 e. The molecule has 120 valence electrons. The molecular weight excluding hydrogens is 394 g/mol. The SMILES string of the molecule is CCCn1c(SCc2csc(C)n2)nc2ccc(Br)cc2c1=O. The van der Waals surface area contributed by atoms with Gasteiger partial charge in [-0.05, 0) is 31.5 Å². The first-order valence-electron chi connectivity index (χ1n) is 7.32. The normalized spacial score (nSPS) is 11.3. The molecule has 0 atom stereocenters. The van der Waals surface area contributed by atoms with Crippen LogP contribution >= 0.6 is 39.0 Å². The zero-order valence-corrected chi connectivity index (χ0v) is 16.1. The van der Waals surface area contributed by atoms with Gasteiger partial charge in [-0.25, -0.2) is 9.97 Å². The van der Waals surface area contributed by atoms with Crippen LogP contribution in [0.4, 0.5) is 0 Å². The molecular formula is C16H16BrN3OS2. The maximum Gasteiger partial charge on any atom is 0.262 e. The van der Waals surface area contributed by atoms with E-state index in [9.17, 15) is 4.79 Å². The van der Waals surface area contributed by atoms with Crippen LogP contribution in [0.1, 0.15) is 24.0 Å². The van der Waals surface area contributed by atoms with Crippen molar-refractivity contribution in [3.05, 3.63) is 49.1 Å². The number of thiazole rings is 1. The van der Waals surface area contributed by atoms with Crippen molar-refractivity contribution < 1.29 is 0 Å². The Labute approximate surface area is 151 Å². The summed E-state index contributed by atoms with van der Waals surface area (Å²) in [4.78, 5) is 22.0. The van der Waals surface area contributed by atoms with E-state index in [1.807, 2.05) is 25.1 Å². The summed E-state index contributed by atoms with van der Waals surface area (Å²) in [6.07, 6.45) is 0.893. The quantitative estimate of drug-likeness (QED) is 0.455. The van der Waals surface area contributed by atoms with E-state index >= 15 is 0 Å². The van der Waals surface area contributed by atoms with Crippen LogP contribution in [-0.2, 0) is 12.3 Å². The van der Waals surface area contributed by atoms with Crippen LogP contribution in [0.25, 0.3) is 10.9 Å². The summed E-state index contributed by atoms with van der Waals surface area (Å²) < 4.78 is 2.67. The molecule has 0 aliphatic carbocycles. The Morgan fingerprint density at radius 2 is 2.17 bits per heavy atom. The molecule has 0 bridgehead atoms. The first-order chi connectivity index (χ1) is 11.1. The van der Waals surface area contributed by atoms with Crippen molar-refractivity contribution in [1.29, 1.82) is 0 Å². The van der Waals surface area contributed by atoms with Gasteiger partial charge in [-0.3, -0.25) is 9.36 Å². The fraction of sp³-hybridized carbons (Fsp3) is 0.312. The number of nitrogens with zero attached hydrogens (tertiary/aromatic N) is 3. The standard InChI is InChI=1S/C16H16BrN3OS2/c1-3-6-20-15(21)13-7-11(17)4-5-14(13)19-16(20)23-9-12-8-22-10(2)18-12/h4-5,7-8H,3,6,9H2,1-2H3. The lowest BCUT2D eigenvalue weighted by molar-refractivity contribution is 0.584. The second kappa shape index (κ2) is 7.15. The molecule has 0 saturated carbocycles. The number of aryl methyl sites for hydroxylation is 1. The van der Waals surface area contributed by atoms with Crippen LogP contribution in [0, 0.1) is 6.92 Å². The Hall–Kier alpha value is -1.18. The highest BCUT2D eigenvalue weighted by atomic mass is 79.9. The van der Waals surface area contributed by atoms with E-state index in [-0.39, 0.29) is 5.56 Å². The summed E-state index contributed by atoms with van der Waals surface area (Å²) >= 11 is 6.64. The molecule has 3 rings (SSSR count). The van der Waals surface area contributed by atoms with Gasteiger partial charge in [0, 0.05) is 22.2 Å². The number of aromatic nitrogens is 3. The largest absolute Gasteiger partial charge is 0.287 e. The second-order valence-electron chi connectivity index (χ2n) is 5.16. The molecule has 4 nitrogen and oxygen atoms in total. The number of benzene rings is 1. The molecule has 0 unspecified atom stereocenters. The molecule has 7 heteroatoms. The van der Waals surface area contributed by atoms with Gasteiger partial charge in [-0.1, -0.05) is 34.6 Å². The second-order valence-corrected chi connectivity index (χ2v) is 8.08. The average Bonchev–Trinajstić information content (AvgIpc) is 2.95. The molecule has 2 heterocycles. The summed E-state index contributed by atoms with van der Waals surface area (Å²) in [5.74, 6) is 0.725. The summed E-state index contributed by atoms with van der Waals surface area (Å²) in [6.45, 7) is 4.74. The molecule has 2 aromatic heterocycles. The lowest BCUT2D eigenvalue weighted by atomic mass is 10.2. The topological polar surface area (TPSA) is 47.8 Å². The predicted molar refractivity (Wildman–Crippen MR) is 100 cm³/mol. The maximum atomic E-state index is 12.8. The molecule has 1 aromatic carbocycles. The van der Waals surface area contributed by atoms with Crippen molar-refractivity contribution in [2.45, 2.75) is 37.7 Å². The first kappa shape index (κ1) is 16.7. The van der Waals surface area contributed by atoms with Crippen LogP contribution in [0.5, 0.6) is 0 Å². The van der Waals surface area contributed by atoms with Gasteiger partial charge in [0.1, 0.15) is 0 Å². The van der Waals surface area contributed by atoms with Crippen LogP contribution in [-0.4, -0.2) is 14.5 Å². The number of halogens is 1.